The Hall–Kier alpha value is -5.15. The van der Waals surface area contributed by atoms with Gasteiger partial charge < -0.3 is 24.2 Å². The van der Waals surface area contributed by atoms with E-state index >= 15 is 4.39 Å². The number of hydrogen-bond donors (Lipinski definition) is 2. The van der Waals surface area contributed by atoms with Crippen molar-refractivity contribution in [3.05, 3.63) is 59.7 Å². The van der Waals surface area contributed by atoms with Gasteiger partial charge in [0.05, 0.1) is 35.7 Å². The lowest BCUT2D eigenvalue weighted by molar-refractivity contribution is -0.136. The molecule has 5 aliphatic heterocycles. The van der Waals surface area contributed by atoms with Gasteiger partial charge in [-0.15, -0.1) is 0 Å². The summed E-state index contributed by atoms with van der Waals surface area (Å²) < 4.78 is 29.1. The number of aromatic nitrogens is 4. The topological polar surface area (TPSA) is 149 Å². The van der Waals surface area contributed by atoms with Crippen LogP contribution in [-0.4, -0.2) is 116 Å². The standard InChI is InChI=1S/C46H56FN9O5.2H2/c1-45(2)24-31(60-29-12-19-54(20-13-29)39-23-36(48-27-49-39)42-33-22-30(61-46(3)15-16-46)4-6-35(33)51-52-42)14-21-55(45)25-28-10-17-53(18-11-28)37-7-5-32-34(41(37)47)26-56(44(32)59)38-8-9-40(57)50-43(38)58;;/h4-7,22-23,27-29,31,38H,8-21,24-26H2,1-3H3,(H,51,52)(H,50,57,58);2*1H/t31-,38?;;/m0../s1. The average molecular weight is 838 g/mol. The lowest BCUT2D eigenvalue weighted by Gasteiger charge is -2.48. The van der Waals surface area contributed by atoms with Gasteiger partial charge in [0.2, 0.25) is 11.8 Å². The van der Waals surface area contributed by atoms with E-state index in [0.29, 0.717) is 22.7 Å². The van der Waals surface area contributed by atoms with Crippen molar-refractivity contribution >= 4 is 40.1 Å². The Balaban J connectivity index is 0.00000272. The monoisotopic (exact) mass is 837 g/mol. The summed E-state index contributed by atoms with van der Waals surface area (Å²) >= 11 is 0. The van der Waals surface area contributed by atoms with Crippen LogP contribution in [0.3, 0.4) is 0 Å². The van der Waals surface area contributed by atoms with Crippen molar-refractivity contribution in [3.8, 4) is 17.1 Å². The number of anilines is 2. The van der Waals surface area contributed by atoms with Crippen LogP contribution in [0.2, 0.25) is 0 Å². The summed E-state index contributed by atoms with van der Waals surface area (Å²) in [5.74, 6) is 0.711. The van der Waals surface area contributed by atoms with Gasteiger partial charge in [-0.25, -0.2) is 14.4 Å². The number of nitrogens with one attached hydrogen (secondary N) is 2. The van der Waals surface area contributed by atoms with Crippen LogP contribution >= 0.6 is 0 Å². The van der Waals surface area contributed by atoms with Crippen molar-refractivity contribution < 1.29 is 31.1 Å². The lowest BCUT2D eigenvalue weighted by Crippen LogP contribution is -2.54. The molecule has 10 rings (SSSR count). The third-order valence-electron chi connectivity index (χ3n) is 14.3. The smallest absolute Gasteiger partial charge is 0.255 e. The number of benzene rings is 2. The summed E-state index contributed by atoms with van der Waals surface area (Å²) in [5, 5.41) is 11.1. The second-order valence-electron chi connectivity index (χ2n) is 19.0. The Kier molecular flexibility index (Phi) is 10.2. The van der Waals surface area contributed by atoms with Crippen molar-refractivity contribution in [2.75, 3.05) is 49.1 Å². The molecule has 0 radical (unpaired) electrons. The summed E-state index contributed by atoms with van der Waals surface area (Å²) in [4.78, 5) is 55.1. The van der Waals surface area contributed by atoms with E-state index in [4.69, 9.17) is 9.47 Å². The molecule has 6 aliphatic rings. The summed E-state index contributed by atoms with van der Waals surface area (Å²) in [7, 11) is 0. The number of carbonyl (C=O) groups excluding carboxylic acids is 3. The van der Waals surface area contributed by atoms with Gasteiger partial charge in [-0.3, -0.25) is 29.7 Å². The molecule has 326 valence electrons. The van der Waals surface area contributed by atoms with Gasteiger partial charge in [-0.05, 0) is 115 Å². The van der Waals surface area contributed by atoms with Crippen LogP contribution in [-0.2, 0) is 20.9 Å². The van der Waals surface area contributed by atoms with Crippen molar-refractivity contribution in [2.24, 2.45) is 5.92 Å². The molecule has 4 saturated heterocycles. The molecule has 1 saturated carbocycles. The van der Waals surface area contributed by atoms with E-state index in [-0.39, 0.29) is 63.2 Å². The zero-order chi connectivity index (χ0) is 42.0. The Labute approximate surface area is 358 Å². The van der Waals surface area contributed by atoms with Gasteiger partial charge in [0.25, 0.3) is 5.91 Å². The molecule has 2 aromatic carbocycles. The van der Waals surface area contributed by atoms with E-state index in [1.54, 1.807) is 18.5 Å². The number of imide groups is 1. The maximum Gasteiger partial charge on any atom is 0.255 e. The highest BCUT2D eigenvalue weighted by molar-refractivity contribution is 6.05. The first kappa shape index (κ1) is 40.0. The summed E-state index contributed by atoms with van der Waals surface area (Å²) in [5.41, 5.74) is 3.66. The van der Waals surface area contributed by atoms with Gasteiger partial charge >= 0.3 is 0 Å². The molecule has 4 aromatic rings. The fraction of sp³-hybridized carbons (Fsp3) is 0.565. The number of amides is 3. The van der Waals surface area contributed by atoms with Crippen LogP contribution in [0.1, 0.15) is 104 Å². The fourth-order valence-corrected chi connectivity index (χ4v) is 10.3. The molecule has 2 aromatic heterocycles. The maximum absolute atomic E-state index is 16.0. The molecule has 7 heterocycles. The molecule has 2 atom stereocenters. The van der Waals surface area contributed by atoms with E-state index < -0.39 is 11.9 Å². The maximum atomic E-state index is 16.0. The third kappa shape index (κ3) is 7.95. The van der Waals surface area contributed by atoms with E-state index in [0.717, 1.165) is 124 Å². The molecule has 15 heteroatoms. The number of rotatable bonds is 10. The van der Waals surface area contributed by atoms with E-state index in [1.807, 2.05) is 18.2 Å². The summed E-state index contributed by atoms with van der Waals surface area (Å²) in [6, 6.07) is 10.8. The number of carbonyl (C=O) groups is 3. The van der Waals surface area contributed by atoms with E-state index in [1.165, 1.54) is 4.90 Å². The van der Waals surface area contributed by atoms with Gasteiger partial charge in [0.1, 0.15) is 35.2 Å². The zero-order valence-electron chi connectivity index (χ0n) is 35.4. The SMILES string of the molecule is CC1(Oc2ccc3[nH]nc(-c4cc(N5CCC(O[C@H]6CCN(CC7CCN(c8ccc9c(c8F)CN(C8CCC(=O)NC8=O)C9=O)CC7)C(C)(C)C6)CC5)ncn4)c3c2)CC1.[HH].[HH]. The van der Waals surface area contributed by atoms with Crippen LogP contribution in [0.5, 0.6) is 5.75 Å². The fourth-order valence-electron chi connectivity index (χ4n) is 10.3. The van der Waals surface area contributed by atoms with Gasteiger partial charge in [-0.1, -0.05) is 0 Å². The number of likely N-dealkylation sites (tertiary alicyclic amines) is 1. The van der Waals surface area contributed by atoms with Crippen LogP contribution in [0.15, 0.2) is 42.7 Å². The Bertz CT molecular complexity index is 2360. The summed E-state index contributed by atoms with van der Waals surface area (Å²) in [6.07, 6.45) is 10.5. The number of piperidine rings is 4. The molecule has 14 nitrogen and oxygen atoms in total. The van der Waals surface area contributed by atoms with E-state index in [9.17, 15) is 14.4 Å². The van der Waals surface area contributed by atoms with Gasteiger partial charge in [0, 0.05) is 76.7 Å². The first-order valence-corrected chi connectivity index (χ1v) is 22.3. The van der Waals surface area contributed by atoms with Crippen LogP contribution < -0.4 is 19.9 Å². The first-order valence-electron chi connectivity index (χ1n) is 22.3. The minimum atomic E-state index is -0.761. The Morgan fingerprint density at radius 2 is 1.66 bits per heavy atom. The van der Waals surface area contributed by atoms with Crippen molar-refractivity contribution in [1.29, 1.82) is 0 Å². The van der Waals surface area contributed by atoms with E-state index in [2.05, 4.69) is 67.0 Å². The lowest BCUT2D eigenvalue weighted by atomic mass is 9.85. The molecule has 2 N–H and O–H groups in total. The average Bonchev–Trinajstić information content (AvgIpc) is 3.66. The molecular formula is C46H60FN9O5. The highest BCUT2D eigenvalue weighted by Crippen LogP contribution is 2.41. The number of H-pyrrole nitrogens is 1. The molecule has 61 heavy (non-hydrogen) atoms. The van der Waals surface area contributed by atoms with Gasteiger partial charge in [0.15, 0.2) is 5.82 Å². The summed E-state index contributed by atoms with van der Waals surface area (Å²) in [6.45, 7) is 12.1. The largest absolute Gasteiger partial charge is 0.488 e. The molecule has 1 aliphatic carbocycles. The number of halogens is 1. The number of nitrogens with zero attached hydrogens (tertiary/aromatic N) is 7. The second-order valence-corrected chi connectivity index (χ2v) is 19.0. The number of fused-ring (bicyclic) bond motifs is 2. The Morgan fingerprint density at radius 3 is 2.41 bits per heavy atom. The normalized spacial score (nSPS) is 24.7. The van der Waals surface area contributed by atoms with Crippen molar-refractivity contribution in [2.45, 2.75) is 121 Å². The Morgan fingerprint density at radius 1 is 0.885 bits per heavy atom. The van der Waals surface area contributed by atoms with Crippen LogP contribution in [0.25, 0.3) is 22.3 Å². The van der Waals surface area contributed by atoms with Crippen molar-refractivity contribution in [1.82, 2.24) is 35.3 Å². The number of hydrogen-bond acceptors (Lipinski definition) is 11. The second kappa shape index (κ2) is 15.6. The molecule has 0 spiro atoms. The molecule has 0 bridgehead atoms. The zero-order valence-corrected chi connectivity index (χ0v) is 35.4. The molecule has 5 fully saturated rings. The first-order chi connectivity index (χ1) is 29.4. The minimum Gasteiger partial charge on any atom is -0.488 e. The number of ether oxygens (including phenoxy) is 2. The van der Waals surface area contributed by atoms with Gasteiger partial charge in [-0.2, -0.15) is 5.10 Å². The van der Waals surface area contributed by atoms with Crippen LogP contribution in [0.4, 0.5) is 15.9 Å². The predicted octanol–water partition coefficient (Wildman–Crippen LogP) is 6.49. The highest BCUT2D eigenvalue weighted by atomic mass is 19.1. The minimum absolute atomic E-state index is 0. The van der Waals surface area contributed by atoms with Crippen LogP contribution in [0, 0.1) is 11.7 Å². The number of aromatic amines is 1. The predicted molar refractivity (Wildman–Crippen MR) is 232 cm³/mol. The third-order valence-corrected chi connectivity index (χ3v) is 14.3. The quantitative estimate of drug-likeness (QED) is 0.169. The van der Waals surface area contributed by atoms with Crippen molar-refractivity contribution in [3.63, 3.8) is 0 Å². The molecule has 3 amide bonds. The molecular weight excluding hydrogens is 778 g/mol. The highest BCUT2D eigenvalue weighted by Gasteiger charge is 2.43. The molecule has 1 unspecified atom stereocenters.